The highest BCUT2D eigenvalue weighted by molar-refractivity contribution is 6.30. The fourth-order valence-corrected chi connectivity index (χ4v) is 1.50. The van der Waals surface area contributed by atoms with Crippen LogP contribution in [0.2, 0.25) is 5.02 Å². The van der Waals surface area contributed by atoms with Gasteiger partial charge in [0.2, 0.25) is 5.82 Å². The maximum absolute atomic E-state index is 11.8. The number of hydrogen-bond donors (Lipinski definition) is 2. The second-order valence-corrected chi connectivity index (χ2v) is 3.86. The number of rotatable bonds is 3. The molecule has 88 valence electrons. The Balaban J connectivity index is 2.11. The summed E-state index contributed by atoms with van der Waals surface area (Å²) in [6.45, 7) is 1.93. The predicted octanol–water partition coefficient (Wildman–Crippen LogP) is 2.27. The van der Waals surface area contributed by atoms with Crippen molar-refractivity contribution < 1.29 is 4.79 Å². The Morgan fingerprint density at radius 1 is 1.53 bits per heavy atom. The molecule has 2 rings (SSSR count). The number of benzene rings is 1. The average molecular weight is 251 g/mol. The highest BCUT2D eigenvalue weighted by Gasteiger charge is 2.11. The number of hydrogen-bond acceptors (Lipinski definition) is 3. The minimum atomic E-state index is -0.358. The van der Waals surface area contributed by atoms with Gasteiger partial charge in [-0.3, -0.25) is 9.89 Å². The minimum Gasteiger partial charge on any atom is -0.319 e. The van der Waals surface area contributed by atoms with E-state index < -0.39 is 0 Å². The number of aromatic nitrogens is 3. The lowest BCUT2D eigenvalue weighted by Gasteiger charge is -2.02. The van der Waals surface area contributed by atoms with Crippen LogP contribution in [0.1, 0.15) is 23.4 Å². The summed E-state index contributed by atoms with van der Waals surface area (Å²) in [5.74, 6) is 0.450. The second kappa shape index (κ2) is 4.97. The molecule has 2 aromatic rings. The third-order valence-corrected chi connectivity index (χ3v) is 2.39. The number of carbonyl (C=O) groups is 1. The van der Waals surface area contributed by atoms with Crippen LogP contribution in [0.3, 0.4) is 0 Å². The van der Waals surface area contributed by atoms with E-state index in [0.29, 0.717) is 23.0 Å². The highest BCUT2D eigenvalue weighted by atomic mass is 35.5. The lowest BCUT2D eigenvalue weighted by atomic mass is 10.3. The molecule has 0 spiro atoms. The minimum absolute atomic E-state index is 0.127. The number of nitrogens with zero attached hydrogens (tertiary/aromatic N) is 2. The number of anilines is 1. The normalized spacial score (nSPS) is 10.2. The van der Waals surface area contributed by atoms with Gasteiger partial charge in [0, 0.05) is 17.1 Å². The average Bonchev–Trinajstić information content (AvgIpc) is 2.77. The Labute approximate surface area is 103 Å². The van der Waals surface area contributed by atoms with E-state index in [4.69, 9.17) is 11.6 Å². The van der Waals surface area contributed by atoms with Crippen molar-refractivity contribution in [1.82, 2.24) is 15.2 Å². The third-order valence-electron chi connectivity index (χ3n) is 2.15. The number of carbonyl (C=O) groups excluding carboxylic acids is 1. The molecule has 0 saturated carbocycles. The van der Waals surface area contributed by atoms with Crippen LogP contribution in [0.15, 0.2) is 24.3 Å². The van der Waals surface area contributed by atoms with Crippen molar-refractivity contribution in [3.63, 3.8) is 0 Å². The van der Waals surface area contributed by atoms with E-state index in [-0.39, 0.29) is 11.7 Å². The van der Waals surface area contributed by atoms with Gasteiger partial charge < -0.3 is 5.32 Å². The van der Waals surface area contributed by atoms with Crippen LogP contribution >= 0.6 is 11.6 Å². The SMILES string of the molecule is CCc1nc(C(=O)Nc2cccc(Cl)c2)n[nH]1. The van der Waals surface area contributed by atoms with Crippen molar-refractivity contribution in [1.29, 1.82) is 0 Å². The molecule has 1 amide bonds. The van der Waals surface area contributed by atoms with Gasteiger partial charge in [0.15, 0.2) is 0 Å². The number of amides is 1. The number of nitrogens with one attached hydrogen (secondary N) is 2. The Kier molecular flexibility index (Phi) is 3.39. The van der Waals surface area contributed by atoms with Gasteiger partial charge in [-0.25, -0.2) is 4.98 Å². The maximum atomic E-state index is 11.8. The van der Waals surface area contributed by atoms with E-state index in [1.54, 1.807) is 24.3 Å². The van der Waals surface area contributed by atoms with Gasteiger partial charge in [-0.15, -0.1) is 5.10 Å². The van der Waals surface area contributed by atoms with Crippen molar-refractivity contribution in [2.24, 2.45) is 0 Å². The maximum Gasteiger partial charge on any atom is 0.295 e. The Hall–Kier alpha value is -1.88. The van der Waals surface area contributed by atoms with Crippen molar-refractivity contribution in [2.75, 3.05) is 5.32 Å². The molecule has 0 aliphatic rings. The van der Waals surface area contributed by atoms with Gasteiger partial charge >= 0.3 is 0 Å². The molecule has 1 aromatic heterocycles. The van der Waals surface area contributed by atoms with Crippen LogP contribution in [-0.2, 0) is 6.42 Å². The van der Waals surface area contributed by atoms with E-state index in [0.717, 1.165) is 0 Å². The smallest absolute Gasteiger partial charge is 0.295 e. The Morgan fingerprint density at radius 2 is 2.35 bits per heavy atom. The lowest BCUT2D eigenvalue weighted by Crippen LogP contribution is -2.13. The first-order valence-electron chi connectivity index (χ1n) is 5.17. The summed E-state index contributed by atoms with van der Waals surface area (Å²) in [6, 6.07) is 6.90. The van der Waals surface area contributed by atoms with E-state index in [9.17, 15) is 4.79 Å². The number of aromatic amines is 1. The molecule has 1 aromatic carbocycles. The molecule has 0 fully saturated rings. The molecule has 2 N–H and O–H groups in total. The van der Waals surface area contributed by atoms with Crippen molar-refractivity contribution >= 4 is 23.2 Å². The topological polar surface area (TPSA) is 70.7 Å². The van der Waals surface area contributed by atoms with Gasteiger partial charge in [-0.1, -0.05) is 24.6 Å². The molecule has 1 heterocycles. The van der Waals surface area contributed by atoms with Gasteiger partial charge in [0.1, 0.15) is 5.82 Å². The zero-order chi connectivity index (χ0) is 12.3. The number of H-pyrrole nitrogens is 1. The zero-order valence-electron chi connectivity index (χ0n) is 9.20. The van der Waals surface area contributed by atoms with Crippen molar-refractivity contribution in [3.8, 4) is 0 Å². The molecule has 0 aliphatic heterocycles. The molecule has 5 nitrogen and oxygen atoms in total. The summed E-state index contributed by atoms with van der Waals surface area (Å²) in [5, 5.41) is 9.74. The van der Waals surface area contributed by atoms with Crippen LogP contribution in [0.5, 0.6) is 0 Å². The monoisotopic (exact) mass is 250 g/mol. The molecule has 6 heteroatoms. The van der Waals surface area contributed by atoms with Crippen LogP contribution in [0.4, 0.5) is 5.69 Å². The summed E-state index contributed by atoms with van der Waals surface area (Å²) < 4.78 is 0. The van der Waals surface area contributed by atoms with Crippen molar-refractivity contribution in [2.45, 2.75) is 13.3 Å². The fourth-order valence-electron chi connectivity index (χ4n) is 1.31. The summed E-state index contributed by atoms with van der Waals surface area (Å²) in [5.41, 5.74) is 0.616. The summed E-state index contributed by atoms with van der Waals surface area (Å²) in [4.78, 5) is 15.8. The molecule has 0 aliphatic carbocycles. The first-order valence-corrected chi connectivity index (χ1v) is 5.55. The van der Waals surface area contributed by atoms with Crippen LogP contribution in [0.25, 0.3) is 0 Å². The van der Waals surface area contributed by atoms with Gasteiger partial charge in [-0.2, -0.15) is 0 Å². The molecule has 0 saturated heterocycles. The largest absolute Gasteiger partial charge is 0.319 e. The standard InChI is InChI=1S/C11H11ClN4O/c1-2-9-14-10(16-15-9)11(17)13-8-5-3-4-7(12)6-8/h3-6H,2H2,1H3,(H,13,17)(H,14,15,16). The van der Waals surface area contributed by atoms with Crippen molar-refractivity contribution in [3.05, 3.63) is 40.9 Å². The fraction of sp³-hybridized carbons (Fsp3) is 0.182. The summed E-state index contributed by atoms with van der Waals surface area (Å²) in [7, 11) is 0. The number of aryl methyl sites for hydroxylation is 1. The quantitative estimate of drug-likeness (QED) is 0.878. The third kappa shape index (κ3) is 2.82. The van der Waals surface area contributed by atoms with E-state index in [2.05, 4.69) is 20.5 Å². The number of halogens is 1. The van der Waals surface area contributed by atoms with E-state index in [1.807, 2.05) is 6.92 Å². The predicted molar refractivity (Wildman–Crippen MR) is 65.2 cm³/mol. The Morgan fingerprint density at radius 3 is 3.00 bits per heavy atom. The summed E-state index contributed by atoms with van der Waals surface area (Å²) >= 11 is 5.81. The molecule has 0 atom stereocenters. The highest BCUT2D eigenvalue weighted by Crippen LogP contribution is 2.15. The molecule has 0 bridgehead atoms. The summed E-state index contributed by atoms with van der Waals surface area (Å²) in [6.07, 6.45) is 0.706. The second-order valence-electron chi connectivity index (χ2n) is 3.42. The first-order chi connectivity index (χ1) is 8.19. The van der Waals surface area contributed by atoms with Gasteiger partial charge in [0.25, 0.3) is 5.91 Å². The molecule has 0 unspecified atom stereocenters. The lowest BCUT2D eigenvalue weighted by molar-refractivity contribution is 0.101. The molecule has 17 heavy (non-hydrogen) atoms. The van der Waals surface area contributed by atoms with E-state index in [1.165, 1.54) is 0 Å². The van der Waals surface area contributed by atoms with E-state index >= 15 is 0 Å². The molecule has 0 radical (unpaired) electrons. The first kappa shape index (κ1) is 11.6. The van der Waals surface area contributed by atoms with Crippen LogP contribution in [0, 0.1) is 0 Å². The molecular formula is C11H11ClN4O. The zero-order valence-corrected chi connectivity index (χ0v) is 9.95. The molecular weight excluding hydrogens is 240 g/mol. The van der Waals surface area contributed by atoms with Gasteiger partial charge in [-0.05, 0) is 18.2 Å². The Bertz CT molecular complexity index is 538. The van der Waals surface area contributed by atoms with Gasteiger partial charge in [0.05, 0.1) is 0 Å². The van der Waals surface area contributed by atoms with Crippen LogP contribution < -0.4 is 5.32 Å². The van der Waals surface area contributed by atoms with Crippen LogP contribution in [-0.4, -0.2) is 21.1 Å².